The van der Waals surface area contributed by atoms with Crippen LogP contribution in [0.25, 0.3) is 0 Å². The fraction of sp³-hybridized carbons (Fsp3) is 0.600. The van der Waals surface area contributed by atoms with E-state index in [1.807, 2.05) is 6.07 Å². The summed E-state index contributed by atoms with van der Waals surface area (Å²) in [4.78, 5) is 0. The van der Waals surface area contributed by atoms with E-state index < -0.39 is 0 Å². The maximum absolute atomic E-state index is 5.74. The van der Waals surface area contributed by atoms with Crippen LogP contribution in [0.4, 0.5) is 0 Å². The zero-order valence-electron chi connectivity index (χ0n) is 11.0. The Kier molecular flexibility index (Phi) is 5.51. The van der Waals surface area contributed by atoms with Crippen LogP contribution in [0.15, 0.2) is 32.9 Å². The molecular weight excluding hydrogens is 290 g/mol. The Morgan fingerprint density at radius 1 is 1.28 bits per heavy atom. The molecule has 100 valence electrons. The summed E-state index contributed by atoms with van der Waals surface area (Å²) in [6.45, 7) is 3.11. The van der Waals surface area contributed by atoms with Gasteiger partial charge in [0.15, 0.2) is 4.67 Å². The molecule has 3 heteroatoms. The van der Waals surface area contributed by atoms with Crippen molar-refractivity contribution in [1.82, 2.24) is 5.32 Å². The lowest BCUT2D eigenvalue weighted by atomic mass is 9.93. The first-order valence-electron chi connectivity index (χ1n) is 6.99. The topological polar surface area (TPSA) is 25.2 Å². The number of rotatable bonds is 4. The number of hydrogen-bond donors (Lipinski definition) is 1. The van der Waals surface area contributed by atoms with Crippen LogP contribution in [0.3, 0.4) is 0 Å². The van der Waals surface area contributed by atoms with Crippen LogP contribution in [0.1, 0.15) is 57.3 Å². The van der Waals surface area contributed by atoms with E-state index >= 15 is 0 Å². The van der Waals surface area contributed by atoms with Crippen LogP contribution in [0, 0.1) is 0 Å². The van der Waals surface area contributed by atoms with Crippen molar-refractivity contribution in [3.63, 3.8) is 0 Å². The van der Waals surface area contributed by atoms with Gasteiger partial charge in [-0.2, -0.15) is 0 Å². The highest BCUT2D eigenvalue weighted by Crippen LogP contribution is 2.30. The van der Waals surface area contributed by atoms with E-state index in [1.165, 1.54) is 44.1 Å². The standard InChI is InChI=1S/C15H22BrNO/c1-2-17-15(13-10-11-14(16)18-13)12-8-6-4-3-5-7-9-12/h8,10-11,15,17H,2-7,9H2,1H3/b12-8+. The molecule has 0 spiro atoms. The lowest BCUT2D eigenvalue weighted by Gasteiger charge is -2.21. The minimum Gasteiger partial charge on any atom is -0.452 e. The summed E-state index contributed by atoms with van der Waals surface area (Å²) in [6, 6.07) is 4.29. The number of likely N-dealkylation sites (N-methyl/N-ethyl adjacent to an activating group) is 1. The van der Waals surface area contributed by atoms with Crippen molar-refractivity contribution < 1.29 is 4.42 Å². The summed E-state index contributed by atoms with van der Waals surface area (Å²) in [5.41, 5.74) is 1.50. The molecule has 1 atom stereocenters. The van der Waals surface area contributed by atoms with Crippen molar-refractivity contribution in [1.29, 1.82) is 0 Å². The van der Waals surface area contributed by atoms with E-state index in [2.05, 4.69) is 40.3 Å². The van der Waals surface area contributed by atoms with Gasteiger partial charge in [-0.1, -0.05) is 25.8 Å². The Hall–Kier alpha value is -0.540. The lowest BCUT2D eigenvalue weighted by molar-refractivity contribution is 0.424. The summed E-state index contributed by atoms with van der Waals surface area (Å²) >= 11 is 3.39. The Balaban J connectivity index is 2.17. The molecule has 1 N–H and O–H groups in total. The van der Waals surface area contributed by atoms with Gasteiger partial charge < -0.3 is 9.73 Å². The Bertz CT molecular complexity index is 397. The number of halogens is 1. The second-order valence-corrected chi connectivity index (χ2v) is 5.65. The third kappa shape index (κ3) is 3.72. The van der Waals surface area contributed by atoms with Crippen molar-refractivity contribution in [2.75, 3.05) is 6.54 Å². The van der Waals surface area contributed by atoms with Gasteiger partial charge >= 0.3 is 0 Å². The van der Waals surface area contributed by atoms with Crippen LogP contribution in [0.5, 0.6) is 0 Å². The molecule has 0 saturated carbocycles. The molecule has 0 radical (unpaired) electrons. The van der Waals surface area contributed by atoms with Crippen LogP contribution in [-0.2, 0) is 0 Å². The highest BCUT2D eigenvalue weighted by molar-refractivity contribution is 9.10. The average molecular weight is 312 g/mol. The average Bonchev–Trinajstić information content (AvgIpc) is 2.73. The fourth-order valence-corrected chi connectivity index (χ4v) is 2.90. The summed E-state index contributed by atoms with van der Waals surface area (Å²) in [5, 5.41) is 3.55. The van der Waals surface area contributed by atoms with Gasteiger partial charge in [0.05, 0.1) is 6.04 Å². The van der Waals surface area contributed by atoms with Crippen LogP contribution >= 0.6 is 15.9 Å². The molecule has 1 aliphatic carbocycles. The van der Waals surface area contributed by atoms with E-state index in [-0.39, 0.29) is 6.04 Å². The number of hydrogen-bond acceptors (Lipinski definition) is 2. The van der Waals surface area contributed by atoms with E-state index in [4.69, 9.17) is 4.42 Å². The molecule has 1 unspecified atom stereocenters. The first kappa shape index (κ1) is 13.9. The number of allylic oxidation sites excluding steroid dienone is 1. The van der Waals surface area contributed by atoms with Crippen LogP contribution in [-0.4, -0.2) is 6.54 Å². The molecule has 2 nitrogen and oxygen atoms in total. The Morgan fingerprint density at radius 2 is 2.11 bits per heavy atom. The molecule has 1 aliphatic rings. The summed E-state index contributed by atoms with van der Waals surface area (Å²) in [6.07, 6.45) is 10.2. The van der Waals surface area contributed by atoms with Gasteiger partial charge in [-0.05, 0) is 65.9 Å². The van der Waals surface area contributed by atoms with E-state index in [0.717, 1.165) is 17.0 Å². The minimum absolute atomic E-state index is 0.249. The van der Waals surface area contributed by atoms with Gasteiger partial charge in [-0.3, -0.25) is 0 Å². The zero-order chi connectivity index (χ0) is 12.8. The third-order valence-electron chi connectivity index (χ3n) is 3.48. The van der Waals surface area contributed by atoms with Gasteiger partial charge in [-0.15, -0.1) is 0 Å². The minimum atomic E-state index is 0.249. The molecule has 0 saturated heterocycles. The second-order valence-electron chi connectivity index (χ2n) is 4.86. The smallest absolute Gasteiger partial charge is 0.169 e. The SMILES string of the molecule is CCNC(/C1=C/CCCCCC1)c1ccc(Br)o1. The monoisotopic (exact) mass is 311 g/mol. The summed E-state index contributed by atoms with van der Waals surface area (Å²) in [7, 11) is 0. The summed E-state index contributed by atoms with van der Waals surface area (Å²) < 4.78 is 6.55. The predicted octanol–water partition coefficient (Wildman–Crippen LogP) is 4.97. The van der Waals surface area contributed by atoms with Crippen LogP contribution in [0.2, 0.25) is 0 Å². The molecule has 0 fully saturated rings. The predicted molar refractivity (Wildman–Crippen MR) is 78.6 cm³/mol. The molecule has 0 aromatic carbocycles. The highest BCUT2D eigenvalue weighted by Gasteiger charge is 2.19. The molecular formula is C15H22BrNO. The van der Waals surface area contributed by atoms with Crippen LogP contribution < -0.4 is 5.32 Å². The van der Waals surface area contributed by atoms with E-state index in [0.29, 0.717) is 0 Å². The normalized spacial score (nSPS) is 21.8. The third-order valence-corrected chi connectivity index (χ3v) is 3.91. The molecule has 0 aliphatic heterocycles. The van der Waals surface area contributed by atoms with Gasteiger partial charge in [0.2, 0.25) is 0 Å². The first-order valence-corrected chi connectivity index (χ1v) is 7.78. The second kappa shape index (κ2) is 7.15. The maximum atomic E-state index is 5.74. The molecule has 1 aromatic rings. The van der Waals surface area contributed by atoms with E-state index in [1.54, 1.807) is 0 Å². The fourth-order valence-electron chi connectivity index (χ4n) is 2.58. The van der Waals surface area contributed by atoms with Crippen molar-refractivity contribution in [3.05, 3.63) is 34.2 Å². The number of furan rings is 1. The van der Waals surface area contributed by atoms with Crippen molar-refractivity contribution in [2.24, 2.45) is 0 Å². The molecule has 2 rings (SSSR count). The van der Waals surface area contributed by atoms with Gasteiger partial charge in [0, 0.05) is 0 Å². The molecule has 1 aromatic heterocycles. The molecule has 0 amide bonds. The zero-order valence-corrected chi connectivity index (χ0v) is 12.6. The largest absolute Gasteiger partial charge is 0.452 e. The van der Waals surface area contributed by atoms with E-state index in [9.17, 15) is 0 Å². The Labute approximate surface area is 118 Å². The van der Waals surface area contributed by atoms with Crippen molar-refractivity contribution in [2.45, 2.75) is 51.5 Å². The molecule has 18 heavy (non-hydrogen) atoms. The highest BCUT2D eigenvalue weighted by atomic mass is 79.9. The Morgan fingerprint density at radius 3 is 2.83 bits per heavy atom. The number of nitrogens with one attached hydrogen (secondary N) is 1. The first-order chi connectivity index (χ1) is 8.81. The van der Waals surface area contributed by atoms with Gasteiger partial charge in [0.1, 0.15) is 5.76 Å². The van der Waals surface area contributed by atoms with Crippen molar-refractivity contribution >= 4 is 15.9 Å². The molecule has 1 heterocycles. The molecule has 0 bridgehead atoms. The van der Waals surface area contributed by atoms with Gasteiger partial charge in [0.25, 0.3) is 0 Å². The summed E-state index contributed by atoms with van der Waals surface area (Å²) in [5.74, 6) is 1.02. The van der Waals surface area contributed by atoms with Gasteiger partial charge in [-0.25, -0.2) is 0 Å². The van der Waals surface area contributed by atoms with Crippen molar-refractivity contribution in [3.8, 4) is 0 Å². The lowest BCUT2D eigenvalue weighted by Crippen LogP contribution is -2.22. The maximum Gasteiger partial charge on any atom is 0.169 e. The quantitative estimate of drug-likeness (QED) is 0.794.